The van der Waals surface area contributed by atoms with Crippen molar-refractivity contribution in [1.82, 2.24) is 0 Å². The largest absolute Gasteiger partial charge is 0.590 e. The van der Waals surface area contributed by atoms with Gasteiger partial charge in [0.1, 0.15) is 0 Å². The van der Waals surface area contributed by atoms with Crippen LogP contribution in [0.25, 0.3) is 0 Å². The molecule has 0 N–H and O–H groups in total. The third-order valence-corrected chi connectivity index (χ3v) is 0.333. The van der Waals surface area contributed by atoms with E-state index in [1.165, 1.54) is 0 Å². The lowest BCUT2D eigenvalue weighted by atomic mass is 10.1. The Morgan fingerprint density at radius 2 is 1.14 bits per heavy atom. The molecular formula is B4O3. The van der Waals surface area contributed by atoms with E-state index in [1.807, 2.05) is 0 Å². The van der Waals surface area contributed by atoms with E-state index < -0.39 is 7.32 Å². The van der Waals surface area contributed by atoms with Crippen molar-refractivity contribution in [2.45, 2.75) is 0 Å². The molecule has 3 nitrogen and oxygen atoms in total. The van der Waals surface area contributed by atoms with Gasteiger partial charge in [-0.1, -0.05) is 0 Å². The molecule has 0 aromatic rings. The van der Waals surface area contributed by atoms with Gasteiger partial charge in [-0.05, 0) is 0 Å². The van der Waals surface area contributed by atoms with Gasteiger partial charge in [0.25, 0.3) is 24.1 Å². The lowest BCUT2D eigenvalue weighted by molar-refractivity contribution is 0.347. The minimum absolute atomic E-state index is 1.18. The Balaban J connectivity index is 2.99. The second-order valence-electron chi connectivity index (χ2n) is 0.697. The molecule has 0 atom stereocenters. The van der Waals surface area contributed by atoms with Crippen molar-refractivity contribution in [3.8, 4) is 0 Å². The zero-order valence-corrected chi connectivity index (χ0v) is 3.53. The van der Waals surface area contributed by atoms with E-state index >= 15 is 0 Å². The van der Waals surface area contributed by atoms with E-state index in [0.717, 1.165) is 0 Å². The normalized spacial score (nSPS) is 8.57. The molecule has 0 aliphatic heterocycles. The van der Waals surface area contributed by atoms with Gasteiger partial charge < -0.3 is 13.7 Å². The third-order valence-electron chi connectivity index (χ3n) is 0.333. The van der Waals surface area contributed by atoms with Gasteiger partial charge in [0.2, 0.25) is 0 Å². The first kappa shape index (κ1) is 7.14. The third kappa shape index (κ3) is 2.79. The van der Waals surface area contributed by atoms with Crippen LogP contribution in [0.3, 0.4) is 0 Å². The molecule has 7 heteroatoms. The van der Waals surface area contributed by atoms with Gasteiger partial charge in [0, 0.05) is 0 Å². The van der Waals surface area contributed by atoms with Gasteiger partial charge in [0.05, 0.1) is 0 Å². The lowest BCUT2D eigenvalue weighted by Gasteiger charge is -2.04. The smallest absolute Gasteiger partial charge is 0.459 e. The molecule has 0 aromatic heterocycles. The Hall–Kier alpha value is 0.140. The molecule has 7 heavy (non-hydrogen) atoms. The molecule has 0 saturated heterocycles. The van der Waals surface area contributed by atoms with Crippen LogP contribution in [0.4, 0.5) is 0 Å². The highest BCUT2D eigenvalue weighted by Gasteiger charge is 2.09. The highest BCUT2D eigenvalue weighted by atomic mass is 16.7. The first-order valence-corrected chi connectivity index (χ1v) is 1.41. The number of hydrogen-bond acceptors (Lipinski definition) is 3. The van der Waals surface area contributed by atoms with Gasteiger partial charge in [-0.25, -0.2) is 0 Å². The molecule has 0 spiro atoms. The van der Waals surface area contributed by atoms with Crippen molar-refractivity contribution >= 4 is 31.5 Å². The van der Waals surface area contributed by atoms with Crippen LogP contribution in [0.15, 0.2) is 0 Å². The van der Waals surface area contributed by atoms with Crippen molar-refractivity contribution < 1.29 is 13.7 Å². The van der Waals surface area contributed by atoms with Crippen molar-refractivity contribution in [3.63, 3.8) is 0 Å². The van der Waals surface area contributed by atoms with Crippen molar-refractivity contribution in [2.24, 2.45) is 0 Å². The van der Waals surface area contributed by atoms with E-state index in [1.54, 1.807) is 0 Å². The van der Waals surface area contributed by atoms with Crippen LogP contribution >= 0.6 is 0 Å². The first-order valence-electron chi connectivity index (χ1n) is 1.41. The average Bonchev–Trinajstić information content (AvgIpc) is 1.72. The minimum Gasteiger partial charge on any atom is -0.459 e. The fraction of sp³-hybridized carbons (Fsp3) is 0. The molecule has 0 aromatic carbocycles. The fourth-order valence-corrected chi connectivity index (χ4v) is 0.0962. The van der Waals surface area contributed by atoms with Crippen LogP contribution in [-0.4, -0.2) is 31.5 Å². The summed E-state index contributed by atoms with van der Waals surface area (Å²) in [5, 5.41) is 0. The van der Waals surface area contributed by atoms with Crippen molar-refractivity contribution in [3.05, 3.63) is 0 Å². The van der Waals surface area contributed by atoms with Gasteiger partial charge in [0.15, 0.2) is 0 Å². The second-order valence-corrected chi connectivity index (χ2v) is 0.697. The highest BCUT2D eigenvalue weighted by molar-refractivity contribution is 6.50. The maximum Gasteiger partial charge on any atom is 0.590 e. The Kier molecular flexibility index (Phi) is 4.39. The second kappa shape index (κ2) is 4.30. The van der Waals surface area contributed by atoms with Crippen LogP contribution in [0.2, 0.25) is 0 Å². The molecule has 0 unspecified atom stereocenters. The Morgan fingerprint density at radius 1 is 0.857 bits per heavy atom. The molecule has 30 valence electrons. The summed E-state index contributed by atoms with van der Waals surface area (Å²) in [4.78, 5) is 0. The average molecular weight is 91.2 g/mol. The zero-order chi connectivity index (χ0) is 5.70. The van der Waals surface area contributed by atoms with Crippen LogP contribution in [0, 0.1) is 0 Å². The lowest BCUT2D eigenvalue weighted by Crippen LogP contribution is -2.23. The Bertz CT molecular complexity index is 28.4. The highest BCUT2D eigenvalue weighted by Crippen LogP contribution is 1.78. The molecule has 0 amide bonds. The van der Waals surface area contributed by atoms with Crippen LogP contribution in [0.1, 0.15) is 0 Å². The van der Waals surface area contributed by atoms with Gasteiger partial charge in [-0.3, -0.25) is 0 Å². The Labute approximate surface area is 46.2 Å². The van der Waals surface area contributed by atoms with Crippen LogP contribution in [0.5, 0.6) is 0 Å². The van der Waals surface area contributed by atoms with Gasteiger partial charge >= 0.3 is 7.32 Å². The first-order chi connectivity index (χ1) is 3.35. The maximum atomic E-state index is 4.48. The minimum atomic E-state index is -1.18. The molecule has 0 aliphatic rings. The Morgan fingerprint density at radius 3 is 1.14 bits per heavy atom. The molecule has 0 aliphatic carbocycles. The van der Waals surface area contributed by atoms with E-state index in [0.29, 0.717) is 0 Å². The molecule has 0 rings (SSSR count). The van der Waals surface area contributed by atoms with Crippen LogP contribution < -0.4 is 0 Å². The standard InChI is InChI=1S/B4O3/c1-5-4(6-2)7-3. The molecule has 6 radical (unpaired) electrons. The number of hydrogen-bond donors (Lipinski definition) is 0. The number of rotatable bonds is 3. The van der Waals surface area contributed by atoms with E-state index in [9.17, 15) is 0 Å². The summed E-state index contributed by atoms with van der Waals surface area (Å²) < 4.78 is 11.6. The topological polar surface area (TPSA) is 27.7 Å². The zero-order valence-electron chi connectivity index (χ0n) is 3.53. The van der Waals surface area contributed by atoms with Gasteiger partial charge in [-0.15, -0.1) is 0 Å². The van der Waals surface area contributed by atoms with Crippen molar-refractivity contribution in [2.75, 3.05) is 0 Å². The van der Waals surface area contributed by atoms with E-state index in [2.05, 4.69) is 37.9 Å². The molecule has 0 bridgehead atoms. The monoisotopic (exact) mass is 92.0 g/mol. The summed E-state index contributed by atoms with van der Waals surface area (Å²) in [6.45, 7) is 0. The predicted octanol–water partition coefficient (Wildman–Crippen LogP) is -1.73. The SMILES string of the molecule is [B]OB(O[B])O[B]. The summed E-state index contributed by atoms with van der Waals surface area (Å²) in [5.41, 5.74) is 0. The van der Waals surface area contributed by atoms with Crippen molar-refractivity contribution in [1.29, 1.82) is 0 Å². The summed E-state index contributed by atoms with van der Waals surface area (Å²) in [6.07, 6.45) is 0. The van der Waals surface area contributed by atoms with Gasteiger partial charge in [-0.2, -0.15) is 0 Å². The summed E-state index contributed by atoms with van der Waals surface area (Å²) >= 11 is 0. The molecule has 0 saturated carbocycles. The van der Waals surface area contributed by atoms with Crippen LogP contribution in [-0.2, 0) is 13.7 Å². The van der Waals surface area contributed by atoms with E-state index in [-0.39, 0.29) is 0 Å². The molecule has 0 fully saturated rings. The fourth-order valence-electron chi connectivity index (χ4n) is 0.0962. The quantitative estimate of drug-likeness (QED) is 0.386. The molecular weight excluding hydrogens is 91.2 g/mol. The summed E-state index contributed by atoms with van der Waals surface area (Å²) in [7, 11) is 12.3. The predicted molar refractivity (Wildman–Crippen MR) is 26.3 cm³/mol. The van der Waals surface area contributed by atoms with E-state index in [4.69, 9.17) is 0 Å². The summed E-state index contributed by atoms with van der Waals surface area (Å²) in [5.74, 6) is 0. The summed E-state index contributed by atoms with van der Waals surface area (Å²) in [6, 6.07) is 0. The molecule has 0 heterocycles. The maximum absolute atomic E-state index is 4.48.